The molecule has 0 aliphatic rings. The fraction of sp³-hybridized carbons (Fsp3) is 0.500. The van der Waals surface area contributed by atoms with E-state index in [1.54, 1.807) is 11.4 Å². The van der Waals surface area contributed by atoms with Crippen LogP contribution in [0.2, 0.25) is 0 Å². The molecule has 1 aromatic heterocycles. The van der Waals surface area contributed by atoms with E-state index in [0.717, 1.165) is 12.0 Å². The topological polar surface area (TPSA) is 57.5 Å². The lowest BCUT2D eigenvalue weighted by molar-refractivity contribution is 0.355. The van der Waals surface area contributed by atoms with Crippen molar-refractivity contribution >= 4 is 18.9 Å². The standard InChI is InChI=1S/C8H13O3PS/c1-2-3-8(12(9,10)11)7-4-5-13-6-7/h4-6,8H,2-3H2,1H3,(H2,9,10,11). The van der Waals surface area contributed by atoms with Gasteiger partial charge < -0.3 is 9.79 Å². The summed E-state index contributed by atoms with van der Waals surface area (Å²) in [5, 5.41) is 3.65. The Balaban J connectivity index is 2.87. The molecule has 0 radical (unpaired) electrons. The van der Waals surface area contributed by atoms with E-state index in [2.05, 4.69) is 0 Å². The summed E-state index contributed by atoms with van der Waals surface area (Å²) >= 11 is 1.47. The van der Waals surface area contributed by atoms with Crippen LogP contribution in [0.3, 0.4) is 0 Å². The maximum absolute atomic E-state index is 11.1. The lowest BCUT2D eigenvalue weighted by Crippen LogP contribution is -1.97. The first-order valence-electron chi connectivity index (χ1n) is 4.13. The van der Waals surface area contributed by atoms with Crippen LogP contribution in [-0.2, 0) is 4.57 Å². The molecule has 0 aliphatic heterocycles. The maximum atomic E-state index is 11.1. The Bertz CT molecular complexity index is 290. The average molecular weight is 220 g/mol. The summed E-state index contributed by atoms with van der Waals surface area (Å²) in [6, 6.07) is 1.78. The van der Waals surface area contributed by atoms with Gasteiger partial charge in [-0.05, 0) is 28.8 Å². The summed E-state index contributed by atoms with van der Waals surface area (Å²) in [5.74, 6) is 0. The van der Waals surface area contributed by atoms with Crippen molar-refractivity contribution in [3.8, 4) is 0 Å². The molecule has 0 spiro atoms. The molecule has 2 N–H and O–H groups in total. The molecule has 0 aromatic carbocycles. The van der Waals surface area contributed by atoms with Crippen LogP contribution in [0.25, 0.3) is 0 Å². The van der Waals surface area contributed by atoms with E-state index in [1.165, 1.54) is 11.3 Å². The van der Waals surface area contributed by atoms with Crippen LogP contribution < -0.4 is 0 Å². The molecule has 1 aromatic rings. The molecule has 0 fully saturated rings. The number of hydrogen-bond donors (Lipinski definition) is 2. The van der Waals surface area contributed by atoms with Crippen LogP contribution in [0.5, 0.6) is 0 Å². The molecule has 0 bridgehead atoms. The first-order chi connectivity index (χ1) is 6.05. The van der Waals surface area contributed by atoms with Crippen molar-refractivity contribution in [3.63, 3.8) is 0 Å². The molecular weight excluding hydrogens is 207 g/mol. The van der Waals surface area contributed by atoms with Gasteiger partial charge in [-0.1, -0.05) is 13.3 Å². The second-order valence-electron chi connectivity index (χ2n) is 2.95. The van der Waals surface area contributed by atoms with E-state index < -0.39 is 13.3 Å². The second-order valence-corrected chi connectivity index (χ2v) is 5.53. The van der Waals surface area contributed by atoms with E-state index in [1.807, 2.05) is 12.3 Å². The van der Waals surface area contributed by atoms with Gasteiger partial charge in [0, 0.05) is 0 Å². The monoisotopic (exact) mass is 220 g/mol. The van der Waals surface area contributed by atoms with Gasteiger partial charge in [-0.2, -0.15) is 11.3 Å². The van der Waals surface area contributed by atoms with Gasteiger partial charge in [-0.3, -0.25) is 4.57 Å². The quantitative estimate of drug-likeness (QED) is 0.767. The van der Waals surface area contributed by atoms with Crippen LogP contribution in [0.1, 0.15) is 31.0 Å². The van der Waals surface area contributed by atoms with Crippen molar-refractivity contribution < 1.29 is 14.4 Å². The SMILES string of the molecule is CCCC(c1ccsc1)P(=O)(O)O. The number of rotatable bonds is 4. The minimum atomic E-state index is -3.97. The molecule has 0 aliphatic carbocycles. The predicted molar refractivity (Wildman–Crippen MR) is 54.0 cm³/mol. The van der Waals surface area contributed by atoms with Gasteiger partial charge in [0.05, 0.1) is 5.66 Å². The third kappa shape index (κ3) is 2.92. The summed E-state index contributed by atoms with van der Waals surface area (Å²) < 4.78 is 11.1. The van der Waals surface area contributed by atoms with Crippen LogP contribution in [-0.4, -0.2) is 9.79 Å². The Morgan fingerprint density at radius 3 is 2.69 bits per heavy atom. The molecule has 0 amide bonds. The largest absolute Gasteiger partial charge is 0.332 e. The fourth-order valence-corrected chi connectivity index (χ4v) is 3.23. The molecule has 1 unspecified atom stereocenters. The number of hydrogen-bond acceptors (Lipinski definition) is 2. The summed E-state index contributed by atoms with van der Waals surface area (Å²) in [7, 11) is -3.97. The molecule has 74 valence electrons. The lowest BCUT2D eigenvalue weighted by atomic mass is 10.1. The zero-order chi connectivity index (χ0) is 9.90. The highest BCUT2D eigenvalue weighted by Crippen LogP contribution is 2.54. The van der Waals surface area contributed by atoms with Crippen LogP contribution >= 0.6 is 18.9 Å². The lowest BCUT2D eigenvalue weighted by Gasteiger charge is -2.16. The smallest absolute Gasteiger partial charge is 0.324 e. The van der Waals surface area contributed by atoms with Gasteiger partial charge in [-0.15, -0.1) is 0 Å². The minimum Gasteiger partial charge on any atom is -0.324 e. The third-order valence-electron chi connectivity index (χ3n) is 1.90. The van der Waals surface area contributed by atoms with Crippen LogP contribution in [0.4, 0.5) is 0 Å². The molecule has 3 nitrogen and oxygen atoms in total. The van der Waals surface area contributed by atoms with Crippen LogP contribution in [0.15, 0.2) is 16.8 Å². The second kappa shape index (κ2) is 4.38. The Morgan fingerprint density at radius 1 is 1.62 bits per heavy atom. The molecule has 0 saturated heterocycles. The Kier molecular flexibility index (Phi) is 3.68. The van der Waals surface area contributed by atoms with Gasteiger partial charge in [0.2, 0.25) is 0 Å². The van der Waals surface area contributed by atoms with E-state index in [9.17, 15) is 4.57 Å². The van der Waals surface area contributed by atoms with E-state index in [4.69, 9.17) is 9.79 Å². The van der Waals surface area contributed by atoms with E-state index >= 15 is 0 Å². The van der Waals surface area contributed by atoms with Gasteiger partial charge >= 0.3 is 7.60 Å². The molecular formula is C8H13O3PS. The van der Waals surface area contributed by atoms with Gasteiger partial charge in [0.15, 0.2) is 0 Å². The van der Waals surface area contributed by atoms with Gasteiger partial charge in [0.25, 0.3) is 0 Å². The van der Waals surface area contributed by atoms with Crippen LogP contribution in [0, 0.1) is 0 Å². The third-order valence-corrected chi connectivity index (χ3v) is 3.97. The zero-order valence-electron chi connectivity index (χ0n) is 7.38. The Morgan fingerprint density at radius 2 is 2.31 bits per heavy atom. The van der Waals surface area contributed by atoms with Crippen molar-refractivity contribution in [2.24, 2.45) is 0 Å². The molecule has 1 rings (SSSR count). The zero-order valence-corrected chi connectivity index (χ0v) is 9.09. The molecule has 13 heavy (non-hydrogen) atoms. The summed E-state index contributed by atoms with van der Waals surface area (Å²) in [4.78, 5) is 18.2. The minimum absolute atomic E-state index is 0.543. The van der Waals surface area contributed by atoms with Crippen molar-refractivity contribution in [2.75, 3.05) is 0 Å². The Labute approximate surface area is 81.6 Å². The highest BCUT2D eigenvalue weighted by molar-refractivity contribution is 7.52. The Hall–Kier alpha value is -0.150. The summed E-state index contributed by atoms with van der Waals surface area (Å²) in [6.45, 7) is 1.93. The number of thiophene rings is 1. The predicted octanol–water partition coefficient (Wildman–Crippen LogP) is 2.77. The van der Waals surface area contributed by atoms with Gasteiger partial charge in [-0.25, -0.2) is 0 Å². The molecule has 1 atom stereocenters. The van der Waals surface area contributed by atoms with Crippen molar-refractivity contribution in [3.05, 3.63) is 22.4 Å². The first kappa shape index (κ1) is 10.9. The highest BCUT2D eigenvalue weighted by Gasteiger charge is 2.29. The summed E-state index contributed by atoms with van der Waals surface area (Å²) in [6.07, 6.45) is 1.33. The fourth-order valence-electron chi connectivity index (χ4n) is 1.27. The normalized spacial score (nSPS) is 14.4. The maximum Gasteiger partial charge on any atom is 0.332 e. The van der Waals surface area contributed by atoms with E-state index in [0.29, 0.717) is 6.42 Å². The van der Waals surface area contributed by atoms with Gasteiger partial charge in [0.1, 0.15) is 0 Å². The van der Waals surface area contributed by atoms with Crippen molar-refractivity contribution in [1.29, 1.82) is 0 Å². The van der Waals surface area contributed by atoms with E-state index in [-0.39, 0.29) is 0 Å². The van der Waals surface area contributed by atoms with Crippen molar-refractivity contribution in [1.82, 2.24) is 0 Å². The van der Waals surface area contributed by atoms with Crippen molar-refractivity contribution in [2.45, 2.75) is 25.4 Å². The average Bonchev–Trinajstić information content (AvgIpc) is 2.49. The molecule has 5 heteroatoms. The molecule has 1 heterocycles. The highest BCUT2D eigenvalue weighted by atomic mass is 32.1. The summed E-state index contributed by atoms with van der Waals surface area (Å²) in [5.41, 5.74) is 0.156. The molecule has 0 saturated carbocycles. The first-order valence-corrected chi connectivity index (χ1v) is 6.75.